The van der Waals surface area contributed by atoms with Crippen LogP contribution >= 0.6 is 0 Å². The third-order valence-electron chi connectivity index (χ3n) is 7.37. The molecule has 0 aliphatic carbocycles. The normalized spacial score (nSPS) is 11.2. The lowest BCUT2D eigenvalue weighted by Crippen LogP contribution is -2.32. The van der Waals surface area contributed by atoms with Crippen LogP contribution in [-0.2, 0) is 0 Å². The molecular formula is C38H27N5O2. The monoisotopic (exact) mass is 585 g/mol. The Kier molecular flexibility index (Phi) is 8.12. The number of carbonyl (C=O) groups excluding carboxylic acids is 1. The van der Waals surface area contributed by atoms with Crippen LogP contribution < -0.4 is 16.2 Å². The number of nitriles is 1. The lowest BCUT2D eigenvalue weighted by atomic mass is 9.99. The number of para-hydroxylation sites is 3. The molecule has 0 fully saturated rings. The first-order chi connectivity index (χ1) is 22.0. The predicted molar refractivity (Wildman–Crippen MR) is 179 cm³/mol. The Hall–Kier alpha value is -6.52. The van der Waals surface area contributed by atoms with Crippen molar-refractivity contribution in [2.75, 3.05) is 4.90 Å². The molecule has 0 atom stereocenters. The number of primary amides is 1. The predicted octanol–water partition coefficient (Wildman–Crippen LogP) is 7.83. The minimum absolute atomic E-state index is 0.177. The molecule has 4 aromatic carbocycles. The second kappa shape index (κ2) is 12.8. The van der Waals surface area contributed by atoms with Gasteiger partial charge in [-0.15, -0.1) is 0 Å². The molecule has 7 nitrogen and oxygen atoms in total. The van der Waals surface area contributed by atoms with Crippen molar-refractivity contribution in [2.24, 2.45) is 5.73 Å². The summed E-state index contributed by atoms with van der Waals surface area (Å²) in [5.74, 6) is 0. The Morgan fingerprint density at radius 1 is 0.711 bits per heavy atom. The van der Waals surface area contributed by atoms with Crippen molar-refractivity contribution < 1.29 is 4.79 Å². The minimum Gasteiger partial charge on any atom is -0.351 e. The number of hydrogen-bond donors (Lipinski definition) is 1. The van der Waals surface area contributed by atoms with E-state index in [4.69, 9.17) is 5.73 Å². The van der Waals surface area contributed by atoms with Gasteiger partial charge >= 0.3 is 6.03 Å². The van der Waals surface area contributed by atoms with Gasteiger partial charge in [0.05, 0.1) is 28.7 Å². The van der Waals surface area contributed by atoms with Gasteiger partial charge in [0, 0.05) is 34.8 Å². The molecule has 1 aliphatic heterocycles. The highest BCUT2D eigenvalue weighted by molar-refractivity contribution is 6.04. The van der Waals surface area contributed by atoms with Crippen LogP contribution in [0.15, 0.2) is 145 Å². The average Bonchev–Trinajstić information content (AvgIpc) is 3.26. The summed E-state index contributed by atoms with van der Waals surface area (Å²) in [6.07, 6.45) is 7.50. The maximum Gasteiger partial charge on any atom is 0.323 e. The quantitative estimate of drug-likeness (QED) is 0.229. The fourth-order valence-corrected chi connectivity index (χ4v) is 5.26. The first kappa shape index (κ1) is 28.6. The van der Waals surface area contributed by atoms with E-state index in [1.807, 2.05) is 115 Å². The van der Waals surface area contributed by atoms with E-state index in [1.165, 1.54) is 0 Å². The molecule has 0 radical (unpaired) electrons. The summed E-state index contributed by atoms with van der Waals surface area (Å²) >= 11 is 0. The van der Waals surface area contributed by atoms with Gasteiger partial charge in [0.25, 0.3) is 5.56 Å². The number of anilines is 2. The van der Waals surface area contributed by atoms with Crippen LogP contribution in [0.4, 0.5) is 16.2 Å². The third kappa shape index (κ3) is 5.89. The molecule has 0 spiro atoms. The van der Waals surface area contributed by atoms with Gasteiger partial charge in [-0.1, -0.05) is 91.0 Å². The number of pyridine rings is 2. The van der Waals surface area contributed by atoms with Gasteiger partial charge in [-0.3, -0.25) is 19.2 Å². The number of nitrogens with zero attached hydrogens (tertiary/aromatic N) is 4. The fourth-order valence-electron chi connectivity index (χ4n) is 5.26. The Balaban J connectivity index is 0.000000172. The topological polar surface area (TPSA) is 105 Å². The Morgan fingerprint density at radius 3 is 1.93 bits per heavy atom. The number of carbonyl (C=O) groups is 1. The molecule has 2 aromatic heterocycles. The number of fused-ring (bicyclic) bond motifs is 2. The van der Waals surface area contributed by atoms with Crippen LogP contribution in [-0.4, -0.2) is 15.6 Å². The van der Waals surface area contributed by atoms with E-state index in [0.717, 1.165) is 39.4 Å². The zero-order valence-corrected chi connectivity index (χ0v) is 24.1. The number of nitrogens with two attached hydrogens (primary N) is 1. The summed E-state index contributed by atoms with van der Waals surface area (Å²) in [6.45, 7) is 0. The first-order valence-electron chi connectivity index (χ1n) is 14.2. The lowest BCUT2D eigenvalue weighted by Gasteiger charge is -2.22. The zero-order valence-electron chi connectivity index (χ0n) is 24.1. The minimum atomic E-state index is -0.474. The van der Waals surface area contributed by atoms with Gasteiger partial charge < -0.3 is 5.73 Å². The molecule has 6 aromatic rings. The number of urea groups is 1. The lowest BCUT2D eigenvalue weighted by molar-refractivity contribution is 0.256. The molecule has 3 heterocycles. The summed E-state index contributed by atoms with van der Waals surface area (Å²) in [5, 5.41) is 9.47. The van der Waals surface area contributed by atoms with Crippen LogP contribution in [0.5, 0.6) is 0 Å². The molecule has 7 rings (SSSR count). The van der Waals surface area contributed by atoms with Crippen molar-refractivity contribution in [1.29, 1.82) is 5.26 Å². The molecule has 2 amide bonds. The molecule has 0 saturated heterocycles. The van der Waals surface area contributed by atoms with Crippen LogP contribution in [0.25, 0.3) is 40.2 Å². The van der Waals surface area contributed by atoms with Crippen LogP contribution in [0.3, 0.4) is 0 Å². The summed E-state index contributed by atoms with van der Waals surface area (Å²) in [5.41, 5.74) is 12.8. The van der Waals surface area contributed by atoms with Crippen molar-refractivity contribution in [3.63, 3.8) is 0 Å². The highest BCUT2D eigenvalue weighted by Crippen LogP contribution is 2.35. The zero-order chi connectivity index (χ0) is 31.2. The van der Waals surface area contributed by atoms with Gasteiger partial charge in [-0.05, 0) is 59.7 Å². The molecular weight excluding hydrogens is 558 g/mol. The summed E-state index contributed by atoms with van der Waals surface area (Å²) < 4.78 is 1.60. The van der Waals surface area contributed by atoms with Gasteiger partial charge in [-0.2, -0.15) is 5.26 Å². The molecule has 0 unspecified atom stereocenters. The third-order valence-corrected chi connectivity index (χ3v) is 7.37. The number of hydrogen-bond acceptors (Lipinski definition) is 4. The standard InChI is InChI=1S/C23H15N3O.C15H12N2O/c24-15-17-8-4-5-11-20(17)21-14-18(22-12-6-7-13-25-22)16-26(23(21)27)19-9-2-1-3-10-19;16-15(18)17-13-7-3-1-5-11(13)9-10-12-6-2-4-8-14(12)17/h1-14,16H;1-10H,(H2,16,18). The Labute approximate surface area is 260 Å². The number of benzene rings is 4. The molecule has 45 heavy (non-hydrogen) atoms. The van der Waals surface area contributed by atoms with Gasteiger partial charge in [-0.25, -0.2) is 4.79 Å². The molecule has 216 valence electrons. The van der Waals surface area contributed by atoms with E-state index in [9.17, 15) is 14.9 Å². The molecule has 0 saturated carbocycles. The van der Waals surface area contributed by atoms with Crippen molar-refractivity contribution in [1.82, 2.24) is 9.55 Å². The summed E-state index contributed by atoms with van der Waals surface area (Å²) in [4.78, 5) is 31.0. The second-order valence-electron chi connectivity index (χ2n) is 10.2. The van der Waals surface area contributed by atoms with E-state index in [2.05, 4.69) is 11.1 Å². The number of aromatic nitrogens is 2. The van der Waals surface area contributed by atoms with Gasteiger partial charge in [0.15, 0.2) is 0 Å². The van der Waals surface area contributed by atoms with Gasteiger partial charge in [0.2, 0.25) is 0 Å². The number of rotatable bonds is 3. The summed E-state index contributed by atoms with van der Waals surface area (Å²) in [6, 6.07) is 41.1. The first-order valence-corrected chi connectivity index (χ1v) is 14.2. The van der Waals surface area contributed by atoms with E-state index >= 15 is 0 Å². The number of amides is 2. The highest BCUT2D eigenvalue weighted by atomic mass is 16.2. The SMILES string of the molecule is N#Cc1ccccc1-c1cc(-c2ccccn2)cn(-c2ccccc2)c1=O.NC(=O)N1c2ccccc2C=Cc2ccccc21. The fraction of sp³-hybridized carbons (Fsp3) is 0. The maximum atomic E-state index is 13.3. The molecule has 2 N–H and O–H groups in total. The van der Waals surface area contributed by atoms with Crippen LogP contribution in [0.1, 0.15) is 16.7 Å². The van der Waals surface area contributed by atoms with Crippen molar-refractivity contribution in [3.8, 4) is 34.1 Å². The van der Waals surface area contributed by atoms with Crippen LogP contribution in [0, 0.1) is 11.3 Å². The Morgan fingerprint density at radius 2 is 1.31 bits per heavy atom. The molecule has 0 bridgehead atoms. The van der Waals surface area contributed by atoms with Crippen molar-refractivity contribution >= 4 is 29.6 Å². The highest BCUT2D eigenvalue weighted by Gasteiger charge is 2.21. The van der Waals surface area contributed by atoms with Crippen molar-refractivity contribution in [3.05, 3.63) is 167 Å². The smallest absolute Gasteiger partial charge is 0.323 e. The Bertz CT molecular complexity index is 2080. The second-order valence-corrected chi connectivity index (χ2v) is 10.2. The molecule has 1 aliphatic rings. The molecule has 7 heteroatoms. The largest absolute Gasteiger partial charge is 0.351 e. The van der Waals surface area contributed by atoms with Crippen molar-refractivity contribution in [2.45, 2.75) is 0 Å². The van der Waals surface area contributed by atoms with E-state index < -0.39 is 6.03 Å². The van der Waals surface area contributed by atoms with E-state index in [0.29, 0.717) is 16.7 Å². The summed E-state index contributed by atoms with van der Waals surface area (Å²) in [7, 11) is 0. The average molecular weight is 586 g/mol. The van der Waals surface area contributed by atoms with E-state index in [-0.39, 0.29) is 5.56 Å². The van der Waals surface area contributed by atoms with Crippen LogP contribution in [0.2, 0.25) is 0 Å². The maximum absolute atomic E-state index is 13.3. The van der Waals surface area contributed by atoms with Gasteiger partial charge in [0.1, 0.15) is 0 Å². The van der Waals surface area contributed by atoms with E-state index in [1.54, 1.807) is 46.1 Å².